The Hall–Kier alpha value is -1.88. The highest BCUT2D eigenvalue weighted by Crippen LogP contribution is 2.05. The van der Waals surface area contributed by atoms with Gasteiger partial charge in [-0.2, -0.15) is 0 Å². The van der Waals surface area contributed by atoms with Crippen LogP contribution in [-0.2, 0) is 17.8 Å². The molecule has 0 saturated carbocycles. The Morgan fingerprint density at radius 1 is 1.29 bits per heavy atom. The third kappa shape index (κ3) is 3.29. The van der Waals surface area contributed by atoms with Gasteiger partial charge in [0.1, 0.15) is 0 Å². The zero-order valence-electron chi connectivity index (χ0n) is 9.84. The maximum Gasteiger partial charge on any atom is 0.203 e. The Kier molecular flexibility index (Phi) is 4.10. The van der Waals surface area contributed by atoms with Crippen LogP contribution in [0.3, 0.4) is 0 Å². The van der Waals surface area contributed by atoms with E-state index in [0.717, 1.165) is 18.2 Å². The highest BCUT2D eigenvalue weighted by atomic mass is 16.5. The first-order valence-electron chi connectivity index (χ1n) is 5.54. The van der Waals surface area contributed by atoms with Crippen molar-refractivity contribution in [2.45, 2.75) is 13.1 Å². The molecule has 0 amide bonds. The van der Waals surface area contributed by atoms with Crippen molar-refractivity contribution in [2.75, 3.05) is 19.0 Å². The van der Waals surface area contributed by atoms with Crippen LogP contribution in [0.4, 0.5) is 5.95 Å². The fraction of sp³-hybridized carbons (Fsp3) is 0.333. The zero-order valence-corrected chi connectivity index (χ0v) is 9.84. The van der Waals surface area contributed by atoms with E-state index in [4.69, 9.17) is 4.74 Å². The smallest absolute Gasteiger partial charge is 0.203 e. The van der Waals surface area contributed by atoms with Crippen molar-refractivity contribution in [1.29, 1.82) is 0 Å². The lowest BCUT2D eigenvalue weighted by atomic mass is 10.3. The number of imidazole rings is 1. The Labute approximate surface area is 100 Å². The third-order valence-corrected chi connectivity index (χ3v) is 2.41. The van der Waals surface area contributed by atoms with E-state index in [9.17, 15) is 0 Å². The van der Waals surface area contributed by atoms with Crippen LogP contribution in [0.25, 0.3) is 0 Å². The predicted molar refractivity (Wildman–Crippen MR) is 65.7 cm³/mol. The first kappa shape index (κ1) is 11.6. The Morgan fingerprint density at radius 2 is 2.24 bits per heavy atom. The molecule has 0 aliphatic rings. The molecular formula is C12H16N4O. The van der Waals surface area contributed by atoms with E-state index >= 15 is 0 Å². The summed E-state index contributed by atoms with van der Waals surface area (Å²) in [4.78, 5) is 8.50. The number of hydrogen-bond donors (Lipinski definition) is 1. The van der Waals surface area contributed by atoms with E-state index in [0.29, 0.717) is 13.2 Å². The van der Waals surface area contributed by atoms with Gasteiger partial charge in [0, 0.05) is 32.2 Å². The lowest BCUT2D eigenvalue weighted by molar-refractivity contribution is 0.187. The Bertz CT molecular complexity index is 441. The van der Waals surface area contributed by atoms with Gasteiger partial charge in [-0.05, 0) is 12.1 Å². The zero-order chi connectivity index (χ0) is 11.9. The average molecular weight is 232 g/mol. The van der Waals surface area contributed by atoms with Gasteiger partial charge < -0.3 is 14.6 Å². The summed E-state index contributed by atoms with van der Waals surface area (Å²) < 4.78 is 7.06. The van der Waals surface area contributed by atoms with E-state index in [1.807, 2.05) is 29.0 Å². The molecule has 0 atom stereocenters. The summed E-state index contributed by atoms with van der Waals surface area (Å²) in [5, 5.41) is 3.25. The van der Waals surface area contributed by atoms with Crippen LogP contribution in [0, 0.1) is 0 Å². The SMILES string of the molecule is COCCn1ccnc1NCc1ccccn1. The quantitative estimate of drug-likeness (QED) is 0.820. The van der Waals surface area contributed by atoms with E-state index < -0.39 is 0 Å². The maximum atomic E-state index is 5.04. The summed E-state index contributed by atoms with van der Waals surface area (Å²) >= 11 is 0. The van der Waals surface area contributed by atoms with Crippen molar-refractivity contribution >= 4 is 5.95 Å². The summed E-state index contributed by atoms with van der Waals surface area (Å²) in [5.74, 6) is 0.840. The molecular weight excluding hydrogens is 216 g/mol. The summed E-state index contributed by atoms with van der Waals surface area (Å²) in [6.07, 6.45) is 5.49. The van der Waals surface area contributed by atoms with Crippen molar-refractivity contribution in [3.05, 3.63) is 42.5 Å². The average Bonchev–Trinajstić information content (AvgIpc) is 2.82. The summed E-state index contributed by atoms with van der Waals surface area (Å²) in [7, 11) is 1.69. The van der Waals surface area contributed by atoms with Crippen LogP contribution in [-0.4, -0.2) is 28.3 Å². The number of nitrogens with one attached hydrogen (secondary N) is 1. The lowest BCUT2D eigenvalue weighted by Gasteiger charge is -2.08. The molecule has 2 aromatic heterocycles. The minimum atomic E-state index is 0.671. The third-order valence-electron chi connectivity index (χ3n) is 2.41. The van der Waals surface area contributed by atoms with Crippen molar-refractivity contribution in [3.63, 3.8) is 0 Å². The van der Waals surface area contributed by atoms with Gasteiger partial charge in [0.25, 0.3) is 0 Å². The molecule has 2 rings (SSSR count). The highest BCUT2D eigenvalue weighted by molar-refractivity contribution is 5.27. The summed E-state index contributed by atoms with van der Waals surface area (Å²) in [5.41, 5.74) is 0.994. The van der Waals surface area contributed by atoms with E-state index in [1.165, 1.54) is 0 Å². The van der Waals surface area contributed by atoms with Gasteiger partial charge in [-0.1, -0.05) is 6.07 Å². The van der Waals surface area contributed by atoms with E-state index in [1.54, 1.807) is 19.5 Å². The predicted octanol–water partition coefficient (Wildman–Crippen LogP) is 1.54. The van der Waals surface area contributed by atoms with E-state index in [2.05, 4.69) is 15.3 Å². The molecule has 90 valence electrons. The Balaban J connectivity index is 1.92. The van der Waals surface area contributed by atoms with Gasteiger partial charge in [-0.25, -0.2) is 4.98 Å². The maximum absolute atomic E-state index is 5.04. The normalized spacial score (nSPS) is 10.4. The number of methoxy groups -OCH3 is 1. The molecule has 5 heteroatoms. The molecule has 0 saturated heterocycles. The minimum Gasteiger partial charge on any atom is -0.383 e. The molecule has 5 nitrogen and oxygen atoms in total. The minimum absolute atomic E-state index is 0.671. The molecule has 0 spiro atoms. The molecule has 0 unspecified atom stereocenters. The number of rotatable bonds is 6. The molecule has 1 N–H and O–H groups in total. The van der Waals surface area contributed by atoms with Crippen LogP contribution in [0.5, 0.6) is 0 Å². The lowest BCUT2D eigenvalue weighted by Crippen LogP contribution is -2.10. The van der Waals surface area contributed by atoms with Gasteiger partial charge in [0.15, 0.2) is 0 Å². The number of pyridine rings is 1. The van der Waals surface area contributed by atoms with Crippen LogP contribution in [0.2, 0.25) is 0 Å². The van der Waals surface area contributed by atoms with Crippen molar-refractivity contribution in [1.82, 2.24) is 14.5 Å². The Morgan fingerprint density at radius 3 is 3.00 bits per heavy atom. The van der Waals surface area contributed by atoms with Crippen LogP contribution < -0.4 is 5.32 Å². The molecule has 0 fully saturated rings. The number of aromatic nitrogens is 3. The number of anilines is 1. The first-order valence-corrected chi connectivity index (χ1v) is 5.54. The van der Waals surface area contributed by atoms with Crippen LogP contribution >= 0.6 is 0 Å². The number of hydrogen-bond acceptors (Lipinski definition) is 4. The summed E-state index contributed by atoms with van der Waals surface area (Å²) in [6.45, 7) is 2.14. The topological polar surface area (TPSA) is 52.0 Å². The molecule has 0 aromatic carbocycles. The number of nitrogens with zero attached hydrogens (tertiary/aromatic N) is 3. The van der Waals surface area contributed by atoms with Gasteiger partial charge in [0.05, 0.1) is 18.8 Å². The van der Waals surface area contributed by atoms with Gasteiger partial charge >= 0.3 is 0 Å². The van der Waals surface area contributed by atoms with Crippen molar-refractivity contribution in [2.24, 2.45) is 0 Å². The summed E-state index contributed by atoms with van der Waals surface area (Å²) in [6, 6.07) is 5.86. The van der Waals surface area contributed by atoms with Crippen molar-refractivity contribution in [3.8, 4) is 0 Å². The molecule has 0 aliphatic carbocycles. The highest BCUT2D eigenvalue weighted by Gasteiger charge is 2.01. The first-order chi connectivity index (χ1) is 8.40. The molecule has 2 aromatic rings. The number of ether oxygens (including phenoxy) is 1. The fourth-order valence-electron chi connectivity index (χ4n) is 1.52. The molecule has 2 heterocycles. The monoisotopic (exact) mass is 232 g/mol. The standard InChI is InChI=1S/C12H16N4O/c1-17-9-8-16-7-6-14-12(16)15-10-11-4-2-3-5-13-11/h2-7H,8-10H2,1H3,(H,14,15). The second-order valence-corrected chi connectivity index (χ2v) is 3.61. The van der Waals surface area contributed by atoms with Crippen molar-refractivity contribution < 1.29 is 4.74 Å². The molecule has 0 radical (unpaired) electrons. The van der Waals surface area contributed by atoms with E-state index in [-0.39, 0.29) is 0 Å². The molecule has 0 aliphatic heterocycles. The van der Waals surface area contributed by atoms with Crippen LogP contribution in [0.1, 0.15) is 5.69 Å². The van der Waals surface area contributed by atoms with Gasteiger partial charge in [0.2, 0.25) is 5.95 Å². The molecule has 0 bridgehead atoms. The second-order valence-electron chi connectivity index (χ2n) is 3.61. The molecule has 17 heavy (non-hydrogen) atoms. The second kappa shape index (κ2) is 6.00. The fourth-order valence-corrected chi connectivity index (χ4v) is 1.52. The largest absolute Gasteiger partial charge is 0.383 e. The van der Waals surface area contributed by atoms with Gasteiger partial charge in [-0.3, -0.25) is 4.98 Å². The van der Waals surface area contributed by atoms with Gasteiger partial charge in [-0.15, -0.1) is 0 Å². The van der Waals surface area contributed by atoms with Crippen LogP contribution in [0.15, 0.2) is 36.8 Å².